The fraction of sp³-hybridized carbons (Fsp3) is 0.278. The van der Waals surface area contributed by atoms with Crippen LogP contribution in [0.15, 0.2) is 53.7 Å². The van der Waals surface area contributed by atoms with E-state index in [2.05, 4.69) is 20.6 Å². The highest BCUT2D eigenvalue weighted by molar-refractivity contribution is 14.0. The van der Waals surface area contributed by atoms with Crippen LogP contribution in [-0.2, 0) is 12.6 Å². The van der Waals surface area contributed by atoms with E-state index >= 15 is 0 Å². The Morgan fingerprint density at radius 2 is 1.75 bits per heavy atom. The van der Waals surface area contributed by atoms with Gasteiger partial charge in [0.1, 0.15) is 0 Å². The first-order valence-corrected chi connectivity index (χ1v) is 8.25. The van der Waals surface area contributed by atoms with Gasteiger partial charge in [0.15, 0.2) is 5.96 Å². The summed E-state index contributed by atoms with van der Waals surface area (Å²) < 4.78 is 37.5. The number of amides is 1. The van der Waals surface area contributed by atoms with Crippen LogP contribution in [-0.4, -0.2) is 36.5 Å². The Kier molecular flexibility index (Phi) is 9.69. The van der Waals surface area contributed by atoms with Crippen molar-refractivity contribution < 1.29 is 18.0 Å². The second-order valence-corrected chi connectivity index (χ2v) is 5.60. The van der Waals surface area contributed by atoms with Crippen molar-refractivity contribution in [1.82, 2.24) is 15.6 Å². The van der Waals surface area contributed by atoms with Gasteiger partial charge in [0.25, 0.3) is 5.91 Å². The predicted octanol–water partition coefficient (Wildman–Crippen LogP) is 2.60. The fourth-order valence-corrected chi connectivity index (χ4v) is 2.17. The molecule has 1 amide bonds. The highest BCUT2D eigenvalue weighted by atomic mass is 127. The van der Waals surface area contributed by atoms with E-state index in [1.54, 1.807) is 6.20 Å². The number of halogens is 4. The van der Waals surface area contributed by atoms with E-state index < -0.39 is 17.6 Å². The molecule has 152 valence electrons. The third kappa shape index (κ3) is 8.11. The molecule has 2 rings (SSSR count). The number of pyridine rings is 1. The molecule has 0 aliphatic heterocycles. The molecule has 0 unspecified atom stereocenters. The third-order valence-electron chi connectivity index (χ3n) is 3.57. The lowest BCUT2D eigenvalue weighted by Crippen LogP contribution is -2.38. The number of nitrogens with zero attached hydrogens (tertiary/aromatic N) is 2. The number of nitrogens with one attached hydrogen (secondary N) is 2. The molecule has 0 aliphatic rings. The van der Waals surface area contributed by atoms with Crippen molar-refractivity contribution in [2.24, 2.45) is 10.7 Å². The molecule has 0 bridgehead atoms. The van der Waals surface area contributed by atoms with Gasteiger partial charge < -0.3 is 16.4 Å². The summed E-state index contributed by atoms with van der Waals surface area (Å²) in [6.07, 6.45) is -2.06. The zero-order chi connectivity index (χ0) is 19.7. The summed E-state index contributed by atoms with van der Waals surface area (Å²) in [5.74, 6) is -0.217. The molecule has 1 aromatic heterocycles. The predicted molar refractivity (Wildman–Crippen MR) is 112 cm³/mol. The minimum absolute atomic E-state index is 0. The first-order valence-electron chi connectivity index (χ1n) is 8.25. The maximum atomic E-state index is 12.5. The largest absolute Gasteiger partial charge is 0.416 e. The van der Waals surface area contributed by atoms with Crippen LogP contribution in [0.2, 0.25) is 0 Å². The molecular formula is C18H21F3IN5O. The lowest BCUT2D eigenvalue weighted by atomic mass is 10.1. The molecule has 1 aromatic carbocycles. The molecule has 2 aromatic rings. The zero-order valence-electron chi connectivity index (χ0n) is 14.9. The van der Waals surface area contributed by atoms with Crippen molar-refractivity contribution >= 4 is 35.8 Å². The number of nitrogens with two attached hydrogens (primary N) is 1. The third-order valence-corrected chi connectivity index (χ3v) is 3.57. The maximum absolute atomic E-state index is 12.5. The van der Waals surface area contributed by atoms with Gasteiger partial charge in [-0.2, -0.15) is 13.2 Å². The SMILES string of the molecule is I.NC(=NCCc1ccccn1)NCCNC(=O)c1ccc(C(F)(F)F)cc1. The van der Waals surface area contributed by atoms with Crippen molar-refractivity contribution in [3.8, 4) is 0 Å². The average molecular weight is 507 g/mol. The summed E-state index contributed by atoms with van der Waals surface area (Å²) in [5.41, 5.74) is 5.99. The van der Waals surface area contributed by atoms with Gasteiger partial charge in [-0.25, -0.2) is 0 Å². The minimum Gasteiger partial charge on any atom is -0.370 e. The number of guanidine groups is 1. The quantitative estimate of drug-likeness (QED) is 0.233. The van der Waals surface area contributed by atoms with Gasteiger partial charge in [0.2, 0.25) is 0 Å². The summed E-state index contributed by atoms with van der Waals surface area (Å²) in [6.45, 7) is 1.06. The number of benzene rings is 1. The van der Waals surface area contributed by atoms with Crippen LogP contribution in [0, 0.1) is 0 Å². The standard InChI is InChI=1S/C18H20F3N5O.HI/c19-18(20,21)14-6-4-13(5-7-14)16(27)24-11-12-26-17(22)25-10-8-15-3-1-2-9-23-15;/h1-7,9H,8,10-12H2,(H,24,27)(H3,22,25,26);1H. The van der Waals surface area contributed by atoms with Gasteiger partial charge in [0, 0.05) is 43.5 Å². The van der Waals surface area contributed by atoms with Gasteiger partial charge in [-0.3, -0.25) is 14.8 Å². The lowest BCUT2D eigenvalue weighted by Gasteiger charge is -2.09. The first-order chi connectivity index (χ1) is 12.9. The molecule has 0 radical (unpaired) electrons. The summed E-state index contributed by atoms with van der Waals surface area (Å²) >= 11 is 0. The van der Waals surface area contributed by atoms with E-state index in [4.69, 9.17) is 5.73 Å². The van der Waals surface area contributed by atoms with Crippen molar-refractivity contribution in [3.05, 3.63) is 65.5 Å². The molecule has 28 heavy (non-hydrogen) atoms. The molecule has 0 spiro atoms. The number of carbonyl (C=O) groups excluding carboxylic acids is 1. The molecule has 0 fully saturated rings. The van der Waals surface area contributed by atoms with Gasteiger partial charge in [-0.05, 0) is 36.4 Å². The fourth-order valence-electron chi connectivity index (χ4n) is 2.17. The monoisotopic (exact) mass is 507 g/mol. The number of rotatable bonds is 7. The summed E-state index contributed by atoms with van der Waals surface area (Å²) in [7, 11) is 0. The molecule has 1 heterocycles. The second kappa shape index (κ2) is 11.5. The topological polar surface area (TPSA) is 92.4 Å². The van der Waals surface area contributed by atoms with Crippen molar-refractivity contribution in [1.29, 1.82) is 0 Å². The van der Waals surface area contributed by atoms with E-state index in [-0.39, 0.29) is 42.0 Å². The van der Waals surface area contributed by atoms with Gasteiger partial charge in [-0.1, -0.05) is 6.07 Å². The smallest absolute Gasteiger partial charge is 0.370 e. The molecule has 6 nitrogen and oxygen atoms in total. The van der Waals surface area contributed by atoms with Crippen molar-refractivity contribution in [2.45, 2.75) is 12.6 Å². The summed E-state index contributed by atoms with van der Waals surface area (Å²) in [5, 5.41) is 5.44. The van der Waals surface area contributed by atoms with Crippen LogP contribution < -0.4 is 16.4 Å². The van der Waals surface area contributed by atoms with E-state index in [1.165, 1.54) is 0 Å². The number of carbonyl (C=O) groups is 1. The maximum Gasteiger partial charge on any atom is 0.416 e. The Morgan fingerprint density at radius 3 is 2.36 bits per heavy atom. The number of aliphatic imine (C=N–C) groups is 1. The molecule has 0 aliphatic carbocycles. The molecule has 0 saturated heterocycles. The van der Waals surface area contributed by atoms with Crippen molar-refractivity contribution in [3.63, 3.8) is 0 Å². The van der Waals surface area contributed by atoms with Crippen LogP contribution in [0.3, 0.4) is 0 Å². The van der Waals surface area contributed by atoms with Crippen LogP contribution in [0.4, 0.5) is 13.2 Å². The Morgan fingerprint density at radius 1 is 1.07 bits per heavy atom. The van der Waals surface area contributed by atoms with Gasteiger partial charge in [-0.15, -0.1) is 24.0 Å². The van der Waals surface area contributed by atoms with Crippen LogP contribution in [0.5, 0.6) is 0 Å². The Hall–Kier alpha value is -2.37. The number of alkyl halides is 3. The first kappa shape index (κ1) is 23.7. The molecule has 0 saturated carbocycles. The van der Waals surface area contributed by atoms with Crippen molar-refractivity contribution in [2.75, 3.05) is 19.6 Å². The molecule has 0 atom stereocenters. The number of hydrogen-bond donors (Lipinski definition) is 3. The Bertz CT molecular complexity index is 767. The van der Waals surface area contributed by atoms with E-state index in [1.807, 2.05) is 18.2 Å². The number of aromatic nitrogens is 1. The summed E-state index contributed by atoms with van der Waals surface area (Å²) in [4.78, 5) is 20.2. The van der Waals surface area contributed by atoms with Crippen LogP contribution in [0.25, 0.3) is 0 Å². The second-order valence-electron chi connectivity index (χ2n) is 5.60. The van der Waals surface area contributed by atoms with Gasteiger partial charge >= 0.3 is 6.18 Å². The normalized spacial score (nSPS) is 11.5. The van der Waals surface area contributed by atoms with E-state index in [9.17, 15) is 18.0 Å². The van der Waals surface area contributed by atoms with Crippen LogP contribution >= 0.6 is 24.0 Å². The summed E-state index contributed by atoms with van der Waals surface area (Å²) in [6, 6.07) is 9.65. The number of hydrogen-bond acceptors (Lipinski definition) is 3. The zero-order valence-corrected chi connectivity index (χ0v) is 17.2. The highest BCUT2D eigenvalue weighted by Gasteiger charge is 2.30. The average Bonchev–Trinajstić information content (AvgIpc) is 2.65. The lowest BCUT2D eigenvalue weighted by molar-refractivity contribution is -0.137. The van der Waals surface area contributed by atoms with Gasteiger partial charge in [0.05, 0.1) is 5.56 Å². The molecule has 10 heteroatoms. The van der Waals surface area contributed by atoms with E-state index in [0.717, 1.165) is 30.0 Å². The molecule has 4 N–H and O–H groups in total. The minimum atomic E-state index is -4.42. The molecular weight excluding hydrogens is 486 g/mol. The Balaban J connectivity index is 0.00000392. The highest BCUT2D eigenvalue weighted by Crippen LogP contribution is 2.28. The van der Waals surface area contributed by atoms with Crippen LogP contribution in [0.1, 0.15) is 21.6 Å². The van der Waals surface area contributed by atoms with E-state index in [0.29, 0.717) is 19.5 Å². The Labute approximate surface area is 177 Å².